The first-order valence-electron chi connectivity index (χ1n) is 13.1. The van der Waals surface area contributed by atoms with Crippen molar-refractivity contribution in [1.29, 1.82) is 0 Å². The summed E-state index contributed by atoms with van der Waals surface area (Å²) in [5.41, 5.74) is 3.75. The lowest BCUT2D eigenvalue weighted by Gasteiger charge is -2.31. The summed E-state index contributed by atoms with van der Waals surface area (Å²) in [6.07, 6.45) is -8.97. The van der Waals surface area contributed by atoms with Crippen LogP contribution in [0.2, 0.25) is 10.0 Å². The molecule has 1 unspecified atom stereocenters. The van der Waals surface area contributed by atoms with E-state index in [-0.39, 0.29) is 42.0 Å². The molecule has 1 amide bonds. The Morgan fingerprint density at radius 2 is 2.00 bits per heavy atom. The fourth-order valence-corrected chi connectivity index (χ4v) is 5.90. The molecule has 10 nitrogen and oxygen atoms in total. The molecule has 0 fully saturated rings. The smallest absolute Gasteiger partial charge is 0.418 e. The van der Waals surface area contributed by atoms with E-state index in [1.807, 2.05) is 0 Å². The van der Waals surface area contributed by atoms with Crippen LogP contribution in [0, 0.1) is 5.82 Å². The monoisotopic (exact) mass is 667 g/mol. The van der Waals surface area contributed by atoms with Gasteiger partial charge in [-0.3, -0.25) is 9.48 Å². The lowest BCUT2D eigenvalue weighted by atomic mass is 9.93. The number of aromatic nitrogens is 4. The molecule has 18 heteroatoms. The maximum atomic E-state index is 15.1. The number of ether oxygens (including phenoxy) is 2. The lowest BCUT2D eigenvalue weighted by molar-refractivity contribution is -0.140. The molecule has 0 saturated heterocycles. The van der Waals surface area contributed by atoms with Gasteiger partial charge in [0, 0.05) is 37.7 Å². The first kappa shape index (κ1) is 31.9. The van der Waals surface area contributed by atoms with Gasteiger partial charge < -0.3 is 25.0 Å². The molecule has 0 bridgehead atoms. The van der Waals surface area contributed by atoms with Crippen molar-refractivity contribution in [2.75, 3.05) is 37.9 Å². The molecule has 0 saturated carbocycles. The molecule has 1 aromatic carbocycles. The van der Waals surface area contributed by atoms with Gasteiger partial charge in [-0.25, -0.2) is 13.2 Å². The Balaban J connectivity index is 1.51. The molecule has 2 aliphatic heterocycles. The minimum absolute atomic E-state index is 0.0112. The third kappa shape index (κ3) is 5.94. The molecule has 1 atom stereocenters. The van der Waals surface area contributed by atoms with E-state index in [0.29, 0.717) is 42.7 Å². The molecule has 0 spiro atoms. The highest BCUT2D eigenvalue weighted by Gasteiger charge is 2.42. The van der Waals surface area contributed by atoms with Crippen LogP contribution in [0.3, 0.4) is 0 Å². The largest absolute Gasteiger partial charge is 0.467 e. The Hall–Kier alpha value is -3.50. The third-order valence-electron chi connectivity index (χ3n) is 7.32. The van der Waals surface area contributed by atoms with Crippen LogP contribution < -0.4 is 15.4 Å². The summed E-state index contributed by atoms with van der Waals surface area (Å²) >= 11 is 12.4. The Kier molecular flexibility index (Phi) is 8.79. The predicted molar refractivity (Wildman–Crippen MR) is 147 cm³/mol. The van der Waals surface area contributed by atoms with Crippen LogP contribution in [0.25, 0.3) is 0 Å². The minimum Gasteiger partial charge on any atom is -0.467 e. The van der Waals surface area contributed by atoms with E-state index in [0.717, 1.165) is 4.90 Å². The Labute approximate surface area is 256 Å². The predicted octanol–water partition coefficient (Wildman–Crippen LogP) is 5.29. The molecule has 2 aromatic heterocycles. The summed E-state index contributed by atoms with van der Waals surface area (Å²) in [5.74, 6) is -1.74. The number of hydrogen-bond acceptors (Lipinski definition) is 8. The molecule has 44 heavy (non-hydrogen) atoms. The van der Waals surface area contributed by atoms with Gasteiger partial charge in [-0.05, 0) is 12.5 Å². The summed E-state index contributed by atoms with van der Waals surface area (Å²) in [6, 6.07) is 0.601. The van der Waals surface area contributed by atoms with Gasteiger partial charge in [-0.2, -0.15) is 28.2 Å². The molecule has 2 N–H and O–H groups in total. The van der Waals surface area contributed by atoms with Gasteiger partial charge in [0.15, 0.2) is 11.5 Å². The van der Waals surface area contributed by atoms with Crippen LogP contribution in [-0.4, -0.2) is 64.2 Å². The highest BCUT2D eigenvalue weighted by molar-refractivity contribution is 6.34. The van der Waals surface area contributed by atoms with Crippen molar-refractivity contribution in [1.82, 2.24) is 24.6 Å². The van der Waals surface area contributed by atoms with Crippen molar-refractivity contribution in [3.63, 3.8) is 0 Å². The summed E-state index contributed by atoms with van der Waals surface area (Å²) < 4.78 is 95.3. The Morgan fingerprint density at radius 1 is 1.27 bits per heavy atom. The van der Waals surface area contributed by atoms with Crippen molar-refractivity contribution < 1.29 is 40.6 Å². The number of amides is 1. The number of alkyl halides is 5. The molecule has 238 valence electrons. The van der Waals surface area contributed by atoms with Crippen molar-refractivity contribution in [2.45, 2.75) is 51.2 Å². The molecule has 0 radical (unpaired) electrons. The number of fused-ring (bicyclic) bond motifs is 2. The lowest BCUT2D eigenvalue weighted by Crippen LogP contribution is -2.32. The normalized spacial score (nSPS) is 16.9. The van der Waals surface area contributed by atoms with E-state index >= 15 is 4.39 Å². The van der Waals surface area contributed by atoms with E-state index in [2.05, 4.69) is 15.1 Å². The summed E-state index contributed by atoms with van der Waals surface area (Å²) in [6.45, 7) is -0.273. The van der Waals surface area contributed by atoms with E-state index in [1.165, 1.54) is 18.8 Å². The second-order valence-corrected chi connectivity index (χ2v) is 11.0. The molecule has 5 rings (SSSR count). The van der Waals surface area contributed by atoms with Crippen LogP contribution in [0.15, 0.2) is 6.07 Å². The van der Waals surface area contributed by atoms with Gasteiger partial charge >= 0.3 is 12.2 Å². The number of benzene rings is 1. The number of anilines is 2. The van der Waals surface area contributed by atoms with Crippen LogP contribution in [0.1, 0.15) is 51.1 Å². The average molecular weight is 668 g/mol. The molecular formula is C26H25Cl2F6N7O3. The van der Waals surface area contributed by atoms with E-state index < -0.39 is 58.8 Å². The van der Waals surface area contributed by atoms with Crippen molar-refractivity contribution in [3.05, 3.63) is 55.7 Å². The van der Waals surface area contributed by atoms with Crippen LogP contribution in [-0.2, 0) is 37.0 Å². The third-order valence-corrected chi connectivity index (χ3v) is 8.01. The maximum absolute atomic E-state index is 15.1. The maximum Gasteiger partial charge on any atom is 0.418 e. The number of hydrogen-bond donors (Lipinski definition) is 1. The van der Waals surface area contributed by atoms with E-state index in [1.54, 1.807) is 4.90 Å². The van der Waals surface area contributed by atoms with Gasteiger partial charge in [0.25, 0.3) is 12.3 Å². The minimum atomic E-state index is -5.00. The number of carbonyl (C=O) groups excluding carboxylic acids is 1. The number of methoxy groups -OCH3 is 1. The molecule has 2 aliphatic rings. The van der Waals surface area contributed by atoms with Crippen molar-refractivity contribution in [3.8, 4) is 6.01 Å². The van der Waals surface area contributed by atoms with Crippen LogP contribution >= 0.6 is 23.2 Å². The average Bonchev–Trinajstić information content (AvgIpc) is 3.11. The van der Waals surface area contributed by atoms with E-state index in [9.17, 15) is 26.7 Å². The number of nitrogens with zero attached hydrogens (tertiary/aromatic N) is 6. The first-order valence-corrected chi connectivity index (χ1v) is 13.9. The molecule has 3 aromatic rings. The Morgan fingerprint density at radius 3 is 2.66 bits per heavy atom. The molecule has 4 heterocycles. The number of nitrogens with two attached hydrogens (primary N) is 1. The second kappa shape index (κ2) is 12.1. The van der Waals surface area contributed by atoms with Crippen LogP contribution in [0.5, 0.6) is 6.01 Å². The number of nitrogen functional groups attached to an aromatic ring is 1. The zero-order valence-electron chi connectivity index (χ0n) is 23.2. The number of rotatable bonds is 6. The van der Waals surface area contributed by atoms with Gasteiger partial charge in [0.1, 0.15) is 5.82 Å². The van der Waals surface area contributed by atoms with Gasteiger partial charge in [0.2, 0.25) is 0 Å². The summed E-state index contributed by atoms with van der Waals surface area (Å²) in [5, 5.41) is 3.50. The second-order valence-electron chi connectivity index (χ2n) is 10.2. The van der Waals surface area contributed by atoms with Gasteiger partial charge in [0.05, 0.1) is 65.6 Å². The number of carbonyl (C=O) groups is 1. The van der Waals surface area contributed by atoms with Crippen molar-refractivity contribution in [2.24, 2.45) is 0 Å². The van der Waals surface area contributed by atoms with Crippen molar-refractivity contribution >= 4 is 40.6 Å². The summed E-state index contributed by atoms with van der Waals surface area (Å²) in [7, 11) is 2.53. The van der Waals surface area contributed by atoms with E-state index in [4.69, 9.17) is 38.4 Å². The number of halogens is 8. The molecular weight excluding hydrogens is 643 g/mol. The summed E-state index contributed by atoms with van der Waals surface area (Å²) in [4.78, 5) is 24.2. The molecule has 0 aliphatic carbocycles. The first-order chi connectivity index (χ1) is 20.7. The zero-order valence-corrected chi connectivity index (χ0v) is 24.7. The fourth-order valence-electron chi connectivity index (χ4n) is 5.30. The topological polar surface area (TPSA) is 112 Å². The SMILES string of the molecule is COc1nc2c(c(N3CCCn4nc(C(=O)N(C)CC(F)F)c(Cl)c4C3)n1)COC(c1c(F)c(N)cc(Cl)c1C(F)(F)F)C2. The highest BCUT2D eigenvalue weighted by atomic mass is 35.5. The van der Waals surface area contributed by atoms with Gasteiger partial charge in [-0.1, -0.05) is 23.2 Å². The highest BCUT2D eigenvalue weighted by Crippen LogP contribution is 2.46. The quantitative estimate of drug-likeness (QED) is 0.279. The number of aryl methyl sites for hydroxylation is 1. The standard InChI is InChI=1S/C26H25Cl2F6N7O3/c1-39(9-17(29)30)24(42)22-20(28)15-8-40(4-3-5-41(15)38-22)23-11-10-44-16(7-14(11)36-25(37-23)43-2)18-19(26(32,33)34)12(27)6-13(35)21(18)31/h6,16-17H,3-5,7-10,35H2,1-2H3. The fraction of sp³-hybridized carbons (Fsp3) is 0.462. The Bertz CT molecular complexity index is 1600. The zero-order chi connectivity index (χ0) is 32.1. The van der Waals surface area contributed by atoms with Gasteiger partial charge in [-0.15, -0.1) is 0 Å². The van der Waals surface area contributed by atoms with Crippen LogP contribution in [0.4, 0.5) is 37.8 Å².